The first-order valence-corrected chi connectivity index (χ1v) is 5.53. The van der Waals surface area contributed by atoms with E-state index in [9.17, 15) is 0 Å². The average molecular weight is 300 g/mol. The predicted octanol–water partition coefficient (Wildman–Crippen LogP) is 3.03. The highest BCUT2D eigenvalue weighted by molar-refractivity contribution is 9.10. The molecule has 0 aromatic carbocycles. The molecule has 3 aromatic heterocycles. The van der Waals surface area contributed by atoms with Crippen LogP contribution in [-0.4, -0.2) is 20.2 Å². The molecule has 3 heterocycles. The van der Waals surface area contributed by atoms with Crippen LogP contribution in [0.1, 0.15) is 0 Å². The topological polar surface area (TPSA) is 67.6 Å². The van der Waals surface area contributed by atoms with Crippen molar-refractivity contribution in [2.75, 3.05) is 0 Å². The summed E-state index contributed by atoms with van der Waals surface area (Å²) in [6.45, 7) is 0. The first kappa shape index (κ1) is 9.80. The monoisotopic (exact) mass is 298 g/mol. The van der Waals surface area contributed by atoms with Gasteiger partial charge in [-0.2, -0.15) is 10.1 Å². The van der Waals surface area contributed by atoms with E-state index in [1.165, 1.54) is 0 Å². The van der Waals surface area contributed by atoms with Gasteiger partial charge in [0.25, 0.3) is 0 Å². The third-order valence-corrected chi connectivity index (χ3v) is 2.91. The van der Waals surface area contributed by atoms with Crippen LogP contribution in [0, 0.1) is 0 Å². The summed E-state index contributed by atoms with van der Waals surface area (Å²) in [7, 11) is 0. The van der Waals surface area contributed by atoms with Gasteiger partial charge in [0.1, 0.15) is 5.69 Å². The molecule has 0 aliphatic rings. The van der Waals surface area contributed by atoms with E-state index in [1.54, 1.807) is 18.5 Å². The molecule has 0 aliphatic carbocycles. The second-order valence-electron chi connectivity index (χ2n) is 3.07. The van der Waals surface area contributed by atoms with Crippen LogP contribution in [-0.2, 0) is 0 Å². The molecule has 3 rings (SSSR count). The molecule has 5 nitrogen and oxygen atoms in total. The Bertz CT molecular complexity index is 662. The quantitative estimate of drug-likeness (QED) is 0.701. The fourth-order valence-electron chi connectivity index (χ4n) is 1.44. The number of hydrogen-bond donors (Lipinski definition) is 1. The summed E-state index contributed by atoms with van der Waals surface area (Å²) in [5.41, 5.74) is 1.19. The number of aromatic amines is 1. The van der Waals surface area contributed by atoms with Crippen LogP contribution in [0.15, 0.2) is 27.4 Å². The molecule has 0 amide bonds. The molecule has 7 heteroatoms. The number of nitrogens with zero attached hydrogens (tertiary/aromatic N) is 3. The van der Waals surface area contributed by atoms with Crippen molar-refractivity contribution in [1.29, 1.82) is 0 Å². The van der Waals surface area contributed by atoms with Gasteiger partial charge in [0.05, 0.1) is 22.3 Å². The number of hydrogen-bond acceptors (Lipinski definition) is 4. The lowest BCUT2D eigenvalue weighted by Crippen LogP contribution is -1.89. The lowest BCUT2D eigenvalue weighted by Gasteiger charge is -1.99. The van der Waals surface area contributed by atoms with Crippen molar-refractivity contribution < 1.29 is 4.42 Å². The van der Waals surface area contributed by atoms with Crippen LogP contribution in [0.25, 0.3) is 22.5 Å². The number of H-pyrrole nitrogens is 1. The van der Waals surface area contributed by atoms with Crippen molar-refractivity contribution in [3.63, 3.8) is 0 Å². The minimum absolute atomic E-state index is 0.148. The Kier molecular flexibility index (Phi) is 2.19. The fraction of sp³-hybridized carbons (Fsp3) is 0. The maximum atomic E-state index is 5.82. The van der Waals surface area contributed by atoms with Gasteiger partial charge >= 0.3 is 0 Å². The highest BCUT2D eigenvalue weighted by Crippen LogP contribution is 2.32. The molecular formula is C9H4BrClN4O. The van der Waals surface area contributed by atoms with Gasteiger partial charge in [-0.05, 0) is 33.6 Å². The molecule has 0 atom stereocenters. The zero-order valence-corrected chi connectivity index (χ0v) is 10.1. The predicted molar refractivity (Wildman–Crippen MR) is 62.1 cm³/mol. The largest absolute Gasteiger partial charge is 0.461 e. The van der Waals surface area contributed by atoms with E-state index in [0.29, 0.717) is 17.1 Å². The van der Waals surface area contributed by atoms with E-state index in [2.05, 4.69) is 36.1 Å². The van der Waals surface area contributed by atoms with E-state index in [4.69, 9.17) is 16.0 Å². The van der Waals surface area contributed by atoms with Crippen molar-refractivity contribution in [1.82, 2.24) is 20.2 Å². The number of furan rings is 1. The number of aromatic nitrogens is 4. The molecule has 0 saturated heterocycles. The second kappa shape index (κ2) is 3.57. The highest BCUT2D eigenvalue weighted by Gasteiger charge is 2.15. The third kappa shape index (κ3) is 1.42. The van der Waals surface area contributed by atoms with Crippen molar-refractivity contribution in [3.8, 4) is 11.5 Å². The third-order valence-electron chi connectivity index (χ3n) is 2.11. The molecular weight excluding hydrogens is 295 g/mol. The van der Waals surface area contributed by atoms with Crippen molar-refractivity contribution in [2.24, 2.45) is 0 Å². The molecule has 1 N–H and O–H groups in total. The molecule has 80 valence electrons. The average Bonchev–Trinajstić information content (AvgIpc) is 2.84. The Morgan fingerprint density at radius 1 is 1.38 bits per heavy atom. The molecule has 3 aromatic rings. The van der Waals surface area contributed by atoms with E-state index >= 15 is 0 Å². The molecule has 0 aliphatic heterocycles. The Labute approximate surface area is 103 Å². The highest BCUT2D eigenvalue weighted by atomic mass is 79.9. The van der Waals surface area contributed by atoms with Crippen LogP contribution in [0.5, 0.6) is 0 Å². The summed E-state index contributed by atoms with van der Waals surface area (Å²) in [4.78, 5) is 8.16. The maximum absolute atomic E-state index is 5.82. The summed E-state index contributed by atoms with van der Waals surface area (Å²) < 4.78 is 6.16. The molecule has 0 spiro atoms. The summed E-state index contributed by atoms with van der Waals surface area (Å²) in [6.07, 6.45) is 3.21. The van der Waals surface area contributed by atoms with Crippen LogP contribution < -0.4 is 0 Å². The van der Waals surface area contributed by atoms with E-state index < -0.39 is 0 Å². The van der Waals surface area contributed by atoms with Gasteiger partial charge in [-0.1, -0.05) is 0 Å². The van der Waals surface area contributed by atoms with Crippen molar-refractivity contribution in [3.05, 3.63) is 28.3 Å². The Morgan fingerprint density at radius 2 is 2.25 bits per heavy atom. The molecule has 0 unspecified atom stereocenters. The van der Waals surface area contributed by atoms with E-state index in [-0.39, 0.29) is 5.28 Å². The SMILES string of the molecule is Clc1nc(-c2occc2Br)c2cn[nH]c2n1. The smallest absolute Gasteiger partial charge is 0.225 e. The normalized spacial score (nSPS) is 11.1. The van der Waals surface area contributed by atoms with Gasteiger partial charge in [0, 0.05) is 0 Å². The van der Waals surface area contributed by atoms with Gasteiger partial charge in [0.15, 0.2) is 11.4 Å². The number of nitrogens with one attached hydrogen (secondary N) is 1. The first-order chi connectivity index (χ1) is 7.75. The van der Waals surface area contributed by atoms with E-state index in [0.717, 1.165) is 9.86 Å². The summed E-state index contributed by atoms with van der Waals surface area (Å²) >= 11 is 9.20. The lowest BCUT2D eigenvalue weighted by atomic mass is 10.2. The lowest BCUT2D eigenvalue weighted by molar-refractivity contribution is 0.579. The van der Waals surface area contributed by atoms with Gasteiger partial charge in [-0.25, -0.2) is 4.98 Å². The van der Waals surface area contributed by atoms with Crippen LogP contribution in [0.3, 0.4) is 0 Å². The minimum atomic E-state index is 0.148. The van der Waals surface area contributed by atoms with Crippen molar-refractivity contribution >= 4 is 38.6 Å². The molecule has 0 radical (unpaired) electrons. The van der Waals surface area contributed by atoms with Gasteiger partial charge in [-0.15, -0.1) is 0 Å². The molecule has 0 fully saturated rings. The van der Waals surface area contributed by atoms with Gasteiger partial charge in [0.2, 0.25) is 5.28 Å². The van der Waals surface area contributed by atoms with Gasteiger partial charge in [-0.3, -0.25) is 5.10 Å². The van der Waals surface area contributed by atoms with Crippen LogP contribution in [0.4, 0.5) is 0 Å². The maximum Gasteiger partial charge on any atom is 0.225 e. The molecule has 0 saturated carbocycles. The fourth-order valence-corrected chi connectivity index (χ4v) is 2.00. The zero-order valence-electron chi connectivity index (χ0n) is 7.74. The Morgan fingerprint density at radius 3 is 3.00 bits per heavy atom. The minimum Gasteiger partial charge on any atom is -0.461 e. The Hall–Kier alpha value is -1.40. The first-order valence-electron chi connectivity index (χ1n) is 4.35. The van der Waals surface area contributed by atoms with Gasteiger partial charge < -0.3 is 4.42 Å². The summed E-state index contributed by atoms with van der Waals surface area (Å²) in [6, 6.07) is 1.79. The number of rotatable bonds is 1. The molecule has 16 heavy (non-hydrogen) atoms. The summed E-state index contributed by atoms with van der Waals surface area (Å²) in [5, 5.41) is 7.55. The number of fused-ring (bicyclic) bond motifs is 1. The van der Waals surface area contributed by atoms with Crippen molar-refractivity contribution in [2.45, 2.75) is 0 Å². The van der Waals surface area contributed by atoms with E-state index in [1.807, 2.05) is 0 Å². The second-order valence-corrected chi connectivity index (χ2v) is 4.26. The van der Waals surface area contributed by atoms with Crippen LogP contribution in [0.2, 0.25) is 5.28 Å². The Balaban J connectivity index is 2.38. The standard InChI is InChI=1S/C9H4BrClN4O/c10-5-1-2-16-7(5)6-4-3-12-15-8(4)14-9(11)13-6/h1-3H,(H,12,13,14,15). The van der Waals surface area contributed by atoms with Crippen LogP contribution >= 0.6 is 27.5 Å². The molecule has 0 bridgehead atoms. The number of halogens is 2. The summed E-state index contributed by atoms with van der Waals surface area (Å²) in [5.74, 6) is 0.607. The zero-order chi connectivity index (χ0) is 11.1.